The molecule has 0 aliphatic heterocycles. The number of esters is 1. The number of sulfonamides is 1. The van der Waals surface area contributed by atoms with Gasteiger partial charge in [-0.3, -0.25) is 0 Å². The maximum atomic E-state index is 12.5. The molecular weight excluding hydrogens is 424 g/mol. The van der Waals surface area contributed by atoms with Gasteiger partial charge in [-0.2, -0.15) is 0 Å². The van der Waals surface area contributed by atoms with Crippen molar-refractivity contribution in [3.05, 3.63) is 64.7 Å². The van der Waals surface area contributed by atoms with Crippen LogP contribution in [0.5, 0.6) is 5.75 Å². The quantitative estimate of drug-likeness (QED) is 0.529. The molecule has 9 heteroatoms. The van der Waals surface area contributed by atoms with E-state index in [2.05, 4.69) is 9.71 Å². The third kappa shape index (κ3) is 5.05. The molecule has 3 rings (SSSR count). The van der Waals surface area contributed by atoms with Gasteiger partial charge in [0.25, 0.3) is 0 Å². The standard InChI is InChI=1S/C21H22N2O5S2/c1-4-22-30(25,26)18-10-5-14(2)19(11-18)21(24)28-12-16-13-29-20(23-16)15-6-8-17(27-3)9-7-15/h5-11,13,22H,4,12H2,1-3H3. The lowest BCUT2D eigenvalue weighted by Gasteiger charge is -2.09. The van der Waals surface area contributed by atoms with Crippen molar-refractivity contribution >= 4 is 27.3 Å². The Balaban J connectivity index is 1.71. The highest BCUT2D eigenvalue weighted by Crippen LogP contribution is 2.26. The fourth-order valence-corrected chi connectivity index (χ4v) is 4.60. The number of aromatic nitrogens is 1. The van der Waals surface area contributed by atoms with E-state index in [0.29, 0.717) is 11.3 Å². The summed E-state index contributed by atoms with van der Waals surface area (Å²) in [5.41, 5.74) is 2.40. The largest absolute Gasteiger partial charge is 0.497 e. The first-order chi connectivity index (χ1) is 14.3. The van der Waals surface area contributed by atoms with Crippen LogP contribution in [0, 0.1) is 6.92 Å². The van der Waals surface area contributed by atoms with E-state index in [0.717, 1.165) is 16.3 Å². The number of carbonyl (C=O) groups excluding carboxylic acids is 1. The summed E-state index contributed by atoms with van der Waals surface area (Å²) in [7, 11) is -2.05. The second-order valence-electron chi connectivity index (χ2n) is 6.43. The SMILES string of the molecule is CCNS(=O)(=O)c1ccc(C)c(C(=O)OCc2csc(-c3ccc(OC)cc3)n2)c1. The Kier molecular flexibility index (Phi) is 6.86. The first-order valence-electron chi connectivity index (χ1n) is 9.20. The summed E-state index contributed by atoms with van der Waals surface area (Å²) in [6.45, 7) is 3.67. The molecule has 0 saturated heterocycles. The van der Waals surface area contributed by atoms with E-state index in [1.807, 2.05) is 29.6 Å². The van der Waals surface area contributed by atoms with E-state index < -0.39 is 16.0 Å². The van der Waals surface area contributed by atoms with Crippen molar-refractivity contribution in [2.45, 2.75) is 25.3 Å². The Morgan fingerprint density at radius 1 is 1.17 bits per heavy atom. The Bertz CT molecular complexity index is 1140. The molecule has 0 saturated carbocycles. The molecule has 0 fully saturated rings. The molecule has 0 atom stereocenters. The van der Waals surface area contributed by atoms with Crippen LogP contribution in [-0.2, 0) is 21.4 Å². The van der Waals surface area contributed by atoms with Crippen molar-refractivity contribution in [3.8, 4) is 16.3 Å². The number of methoxy groups -OCH3 is 1. The number of hydrogen-bond donors (Lipinski definition) is 1. The number of hydrogen-bond acceptors (Lipinski definition) is 7. The third-order valence-corrected chi connectivity index (χ3v) is 6.80. The molecule has 0 unspecified atom stereocenters. The minimum Gasteiger partial charge on any atom is -0.497 e. The maximum absolute atomic E-state index is 12.5. The first kappa shape index (κ1) is 21.9. The van der Waals surface area contributed by atoms with Crippen molar-refractivity contribution in [2.24, 2.45) is 0 Å². The number of aryl methyl sites for hydroxylation is 1. The summed E-state index contributed by atoms with van der Waals surface area (Å²) in [6, 6.07) is 11.9. The number of rotatable bonds is 8. The molecule has 30 heavy (non-hydrogen) atoms. The average Bonchev–Trinajstić information content (AvgIpc) is 3.21. The van der Waals surface area contributed by atoms with Crippen LogP contribution >= 0.6 is 11.3 Å². The molecule has 0 spiro atoms. The van der Waals surface area contributed by atoms with Crippen molar-refractivity contribution in [3.63, 3.8) is 0 Å². The van der Waals surface area contributed by atoms with Gasteiger partial charge in [-0.1, -0.05) is 13.0 Å². The van der Waals surface area contributed by atoms with Crippen molar-refractivity contribution in [1.29, 1.82) is 0 Å². The zero-order valence-corrected chi connectivity index (χ0v) is 18.5. The Hall–Kier alpha value is -2.75. The van der Waals surface area contributed by atoms with Gasteiger partial charge in [0.2, 0.25) is 10.0 Å². The fraction of sp³-hybridized carbons (Fsp3) is 0.238. The van der Waals surface area contributed by atoms with Crippen molar-refractivity contribution < 1.29 is 22.7 Å². The summed E-state index contributed by atoms with van der Waals surface area (Å²) in [4.78, 5) is 17.1. The molecule has 3 aromatic rings. The van der Waals surface area contributed by atoms with E-state index >= 15 is 0 Å². The van der Waals surface area contributed by atoms with Gasteiger partial charge in [-0.15, -0.1) is 11.3 Å². The summed E-state index contributed by atoms with van der Waals surface area (Å²) < 4.78 is 37.3. The summed E-state index contributed by atoms with van der Waals surface area (Å²) >= 11 is 1.45. The van der Waals surface area contributed by atoms with Crippen LogP contribution in [-0.4, -0.2) is 33.0 Å². The smallest absolute Gasteiger partial charge is 0.338 e. The van der Waals surface area contributed by atoms with Gasteiger partial charge in [-0.25, -0.2) is 22.9 Å². The van der Waals surface area contributed by atoms with Gasteiger partial charge in [-0.05, 0) is 48.9 Å². The van der Waals surface area contributed by atoms with Gasteiger partial charge in [0, 0.05) is 17.5 Å². The van der Waals surface area contributed by atoms with Crippen LogP contribution in [0.3, 0.4) is 0 Å². The van der Waals surface area contributed by atoms with Crippen LogP contribution < -0.4 is 9.46 Å². The predicted molar refractivity (Wildman–Crippen MR) is 115 cm³/mol. The van der Waals surface area contributed by atoms with Gasteiger partial charge >= 0.3 is 5.97 Å². The molecule has 0 aliphatic rings. The fourth-order valence-electron chi connectivity index (χ4n) is 2.72. The Morgan fingerprint density at radius 3 is 2.57 bits per heavy atom. The van der Waals surface area contributed by atoms with Crippen LogP contribution in [0.15, 0.2) is 52.7 Å². The first-order valence-corrected chi connectivity index (χ1v) is 11.6. The van der Waals surface area contributed by atoms with Crippen LogP contribution in [0.4, 0.5) is 0 Å². The molecule has 0 amide bonds. The molecule has 0 bridgehead atoms. The summed E-state index contributed by atoms with van der Waals surface area (Å²) in [5.74, 6) is 0.165. The number of nitrogens with zero attached hydrogens (tertiary/aromatic N) is 1. The molecular formula is C21H22N2O5S2. The molecule has 158 valence electrons. The van der Waals surface area contributed by atoms with E-state index in [1.54, 1.807) is 27.0 Å². The lowest BCUT2D eigenvalue weighted by atomic mass is 10.1. The number of carbonyl (C=O) groups is 1. The summed E-state index contributed by atoms with van der Waals surface area (Å²) in [6.07, 6.45) is 0. The molecule has 0 aliphatic carbocycles. The zero-order chi connectivity index (χ0) is 21.7. The van der Waals surface area contributed by atoms with Gasteiger partial charge in [0.05, 0.1) is 23.3 Å². The van der Waals surface area contributed by atoms with Crippen LogP contribution in [0.1, 0.15) is 28.5 Å². The molecule has 1 heterocycles. The Labute approximate surface area is 179 Å². The highest BCUT2D eigenvalue weighted by atomic mass is 32.2. The molecule has 0 radical (unpaired) electrons. The van der Waals surface area contributed by atoms with Gasteiger partial charge in [0.1, 0.15) is 17.4 Å². The molecule has 1 aromatic heterocycles. The normalized spacial score (nSPS) is 11.3. The maximum Gasteiger partial charge on any atom is 0.338 e. The van der Waals surface area contributed by atoms with Crippen molar-refractivity contribution in [2.75, 3.05) is 13.7 Å². The van der Waals surface area contributed by atoms with Crippen LogP contribution in [0.25, 0.3) is 10.6 Å². The number of thiazole rings is 1. The topological polar surface area (TPSA) is 94.6 Å². The minimum atomic E-state index is -3.66. The van der Waals surface area contributed by atoms with Crippen LogP contribution in [0.2, 0.25) is 0 Å². The molecule has 2 aromatic carbocycles. The predicted octanol–water partition coefficient (Wildman–Crippen LogP) is 3.78. The number of benzene rings is 2. The van der Waals surface area contributed by atoms with E-state index in [1.165, 1.54) is 23.5 Å². The lowest BCUT2D eigenvalue weighted by molar-refractivity contribution is 0.0467. The van der Waals surface area contributed by atoms with Gasteiger partial charge < -0.3 is 9.47 Å². The van der Waals surface area contributed by atoms with E-state index in [4.69, 9.17) is 9.47 Å². The lowest BCUT2D eigenvalue weighted by Crippen LogP contribution is -2.23. The number of nitrogens with one attached hydrogen (secondary N) is 1. The van der Waals surface area contributed by atoms with E-state index in [9.17, 15) is 13.2 Å². The number of ether oxygens (including phenoxy) is 2. The second kappa shape index (κ2) is 9.38. The average molecular weight is 447 g/mol. The third-order valence-electron chi connectivity index (χ3n) is 4.31. The second-order valence-corrected chi connectivity index (χ2v) is 9.05. The van der Waals surface area contributed by atoms with E-state index in [-0.39, 0.29) is 23.6 Å². The monoisotopic (exact) mass is 446 g/mol. The van der Waals surface area contributed by atoms with Gasteiger partial charge in [0.15, 0.2) is 0 Å². The highest BCUT2D eigenvalue weighted by Gasteiger charge is 2.18. The minimum absolute atomic E-state index is 0.00485. The molecule has 7 nitrogen and oxygen atoms in total. The van der Waals surface area contributed by atoms with Crippen molar-refractivity contribution in [1.82, 2.24) is 9.71 Å². The zero-order valence-electron chi connectivity index (χ0n) is 16.8. The molecule has 1 N–H and O–H groups in total. The Morgan fingerprint density at radius 2 is 1.90 bits per heavy atom. The summed E-state index contributed by atoms with van der Waals surface area (Å²) in [5, 5.41) is 2.63. The highest BCUT2D eigenvalue weighted by molar-refractivity contribution is 7.89.